The van der Waals surface area contributed by atoms with Crippen molar-refractivity contribution in [3.63, 3.8) is 0 Å². The summed E-state index contributed by atoms with van der Waals surface area (Å²) in [5, 5.41) is 8.23. The number of rotatable bonds is 4. The van der Waals surface area contributed by atoms with Gasteiger partial charge in [-0.15, -0.1) is 0 Å². The van der Waals surface area contributed by atoms with Gasteiger partial charge in [0.05, 0.1) is 0 Å². The predicted octanol–water partition coefficient (Wildman–Crippen LogP) is 1.97. The Labute approximate surface area is 105 Å². The zero-order valence-corrected chi connectivity index (χ0v) is 11.2. The van der Waals surface area contributed by atoms with E-state index in [9.17, 15) is 4.79 Å². The molecule has 0 aliphatic heterocycles. The molecular formula is C13H28N2O2. The summed E-state index contributed by atoms with van der Waals surface area (Å²) in [6.45, 7) is 4.45. The van der Waals surface area contributed by atoms with Crippen molar-refractivity contribution in [1.82, 2.24) is 0 Å². The predicted molar refractivity (Wildman–Crippen MR) is 70.7 cm³/mol. The van der Waals surface area contributed by atoms with Gasteiger partial charge in [-0.2, -0.15) is 0 Å². The van der Waals surface area contributed by atoms with Crippen molar-refractivity contribution in [3.8, 4) is 0 Å². The topological polar surface area (TPSA) is 89.3 Å². The lowest BCUT2D eigenvalue weighted by Crippen LogP contribution is -2.34. The Morgan fingerprint density at radius 1 is 1.29 bits per heavy atom. The molecular weight excluding hydrogens is 216 g/mol. The number of carbonyl (C=O) groups is 1. The van der Waals surface area contributed by atoms with Gasteiger partial charge in [0.2, 0.25) is 0 Å². The van der Waals surface area contributed by atoms with Crippen LogP contribution < -0.4 is 11.5 Å². The van der Waals surface area contributed by atoms with Crippen LogP contribution in [0, 0.1) is 11.8 Å². The third-order valence-electron chi connectivity index (χ3n) is 3.30. The molecule has 0 aromatic heterocycles. The Morgan fingerprint density at radius 3 is 2.12 bits per heavy atom. The largest absolute Gasteiger partial charge is 0.480 e. The van der Waals surface area contributed by atoms with E-state index < -0.39 is 12.0 Å². The van der Waals surface area contributed by atoms with Crippen molar-refractivity contribution in [2.45, 2.75) is 58.4 Å². The van der Waals surface area contributed by atoms with Gasteiger partial charge in [0.25, 0.3) is 0 Å². The molecule has 17 heavy (non-hydrogen) atoms. The molecule has 4 heteroatoms. The van der Waals surface area contributed by atoms with Gasteiger partial charge in [-0.3, -0.25) is 4.79 Å². The second-order valence-corrected chi connectivity index (χ2v) is 5.19. The lowest BCUT2D eigenvalue weighted by atomic mass is 9.87. The molecule has 1 aliphatic carbocycles. The van der Waals surface area contributed by atoms with Crippen molar-refractivity contribution in [1.29, 1.82) is 0 Å². The first-order valence-electron chi connectivity index (χ1n) is 6.67. The van der Waals surface area contributed by atoms with Crippen LogP contribution >= 0.6 is 0 Å². The van der Waals surface area contributed by atoms with E-state index in [1.54, 1.807) is 13.8 Å². The monoisotopic (exact) mass is 244 g/mol. The van der Waals surface area contributed by atoms with Crippen molar-refractivity contribution < 1.29 is 9.90 Å². The first-order valence-corrected chi connectivity index (χ1v) is 6.67. The van der Waals surface area contributed by atoms with Crippen LogP contribution in [0.2, 0.25) is 0 Å². The standard InChI is InChI=1S/C8H17N.C5H11NO2/c9-7-6-8-4-2-1-3-5-8;1-3(2)4(6)5(7)8/h8H,1-7,9H2;3-4H,6H2,1-2H3,(H,7,8)/t;4-/m.0/s1. The minimum absolute atomic E-state index is 0.0208. The Morgan fingerprint density at radius 2 is 1.82 bits per heavy atom. The van der Waals surface area contributed by atoms with E-state index >= 15 is 0 Å². The molecule has 1 rings (SSSR count). The summed E-state index contributed by atoms with van der Waals surface area (Å²) in [7, 11) is 0. The van der Waals surface area contributed by atoms with Crippen LogP contribution in [-0.2, 0) is 4.79 Å². The van der Waals surface area contributed by atoms with E-state index in [-0.39, 0.29) is 5.92 Å². The fourth-order valence-electron chi connectivity index (χ4n) is 2.00. The lowest BCUT2D eigenvalue weighted by Gasteiger charge is -2.20. The van der Waals surface area contributed by atoms with Crippen LogP contribution in [0.3, 0.4) is 0 Å². The molecule has 1 atom stereocenters. The highest BCUT2D eigenvalue weighted by Gasteiger charge is 2.14. The number of carboxylic acid groups (broad SMARTS) is 1. The number of carboxylic acids is 1. The number of nitrogens with two attached hydrogens (primary N) is 2. The minimum atomic E-state index is -0.931. The molecule has 4 nitrogen and oxygen atoms in total. The molecule has 1 fully saturated rings. The third kappa shape index (κ3) is 8.16. The molecule has 0 spiro atoms. The highest BCUT2D eigenvalue weighted by atomic mass is 16.4. The number of hydrogen-bond acceptors (Lipinski definition) is 3. The normalized spacial score (nSPS) is 18.4. The maximum absolute atomic E-state index is 10.0. The van der Waals surface area contributed by atoms with E-state index in [4.69, 9.17) is 16.6 Å². The van der Waals surface area contributed by atoms with Crippen molar-refractivity contribution in [2.24, 2.45) is 23.3 Å². The van der Waals surface area contributed by atoms with Crippen LogP contribution in [-0.4, -0.2) is 23.7 Å². The lowest BCUT2D eigenvalue weighted by molar-refractivity contribution is -0.139. The van der Waals surface area contributed by atoms with Crippen LogP contribution in [0.4, 0.5) is 0 Å². The molecule has 0 saturated heterocycles. The van der Waals surface area contributed by atoms with Crippen molar-refractivity contribution in [3.05, 3.63) is 0 Å². The maximum Gasteiger partial charge on any atom is 0.320 e. The third-order valence-corrected chi connectivity index (χ3v) is 3.30. The fourth-order valence-corrected chi connectivity index (χ4v) is 2.00. The molecule has 0 aromatic carbocycles. The molecule has 0 amide bonds. The quantitative estimate of drug-likeness (QED) is 0.705. The van der Waals surface area contributed by atoms with Gasteiger partial charge < -0.3 is 16.6 Å². The summed E-state index contributed by atoms with van der Waals surface area (Å²) < 4.78 is 0. The molecule has 1 saturated carbocycles. The summed E-state index contributed by atoms with van der Waals surface area (Å²) in [6, 6.07) is -0.713. The van der Waals surface area contributed by atoms with E-state index in [1.807, 2.05) is 0 Å². The molecule has 0 bridgehead atoms. The summed E-state index contributed by atoms with van der Waals surface area (Å²) in [5.74, 6) is 0.0660. The van der Waals surface area contributed by atoms with Crippen molar-refractivity contribution >= 4 is 5.97 Å². The minimum Gasteiger partial charge on any atom is -0.480 e. The first-order chi connectivity index (χ1) is 7.99. The molecule has 0 radical (unpaired) electrons. The molecule has 102 valence electrons. The summed E-state index contributed by atoms with van der Waals surface area (Å²) in [6.07, 6.45) is 8.50. The molecule has 0 heterocycles. The summed E-state index contributed by atoms with van der Waals surface area (Å²) >= 11 is 0. The van der Waals surface area contributed by atoms with Gasteiger partial charge in [-0.05, 0) is 24.8 Å². The first kappa shape index (κ1) is 16.4. The highest BCUT2D eigenvalue weighted by Crippen LogP contribution is 2.25. The molecule has 0 aromatic rings. The molecule has 1 aliphatic rings. The van der Waals surface area contributed by atoms with Gasteiger partial charge in [0.1, 0.15) is 6.04 Å². The van der Waals surface area contributed by atoms with Gasteiger partial charge in [0.15, 0.2) is 0 Å². The average Bonchev–Trinajstić information content (AvgIpc) is 2.30. The zero-order chi connectivity index (χ0) is 13.3. The average molecular weight is 244 g/mol. The SMILES string of the molecule is CC(C)[C@H](N)C(=O)O.NCCC1CCCCC1. The summed E-state index contributed by atoms with van der Waals surface area (Å²) in [4.78, 5) is 10.0. The Hall–Kier alpha value is -0.610. The molecule has 5 N–H and O–H groups in total. The van der Waals surface area contributed by atoms with Crippen molar-refractivity contribution in [2.75, 3.05) is 6.54 Å². The van der Waals surface area contributed by atoms with Crippen LogP contribution in [0.1, 0.15) is 52.4 Å². The highest BCUT2D eigenvalue weighted by molar-refractivity contribution is 5.73. The van der Waals surface area contributed by atoms with Gasteiger partial charge in [0, 0.05) is 0 Å². The van der Waals surface area contributed by atoms with Gasteiger partial charge in [-0.1, -0.05) is 46.0 Å². The van der Waals surface area contributed by atoms with E-state index in [0.29, 0.717) is 0 Å². The van der Waals surface area contributed by atoms with Crippen LogP contribution in [0.25, 0.3) is 0 Å². The second-order valence-electron chi connectivity index (χ2n) is 5.19. The van der Waals surface area contributed by atoms with Gasteiger partial charge >= 0.3 is 5.97 Å². The Bertz CT molecular complexity index is 199. The number of hydrogen-bond donors (Lipinski definition) is 3. The Balaban J connectivity index is 0.000000304. The summed E-state index contributed by atoms with van der Waals surface area (Å²) in [5.41, 5.74) is 10.6. The Kier molecular flexibility index (Phi) is 9.09. The second kappa shape index (κ2) is 9.42. The molecule has 0 unspecified atom stereocenters. The van der Waals surface area contributed by atoms with Crippen LogP contribution in [0.15, 0.2) is 0 Å². The fraction of sp³-hybridized carbons (Fsp3) is 0.923. The van der Waals surface area contributed by atoms with E-state index in [0.717, 1.165) is 12.5 Å². The number of aliphatic carboxylic acids is 1. The zero-order valence-electron chi connectivity index (χ0n) is 11.2. The van der Waals surface area contributed by atoms with Gasteiger partial charge in [-0.25, -0.2) is 0 Å². The maximum atomic E-state index is 10.0. The van der Waals surface area contributed by atoms with Crippen LogP contribution in [0.5, 0.6) is 0 Å². The van der Waals surface area contributed by atoms with E-state index in [2.05, 4.69) is 0 Å². The smallest absolute Gasteiger partial charge is 0.320 e. The van der Waals surface area contributed by atoms with E-state index in [1.165, 1.54) is 38.5 Å².